The molecule has 0 spiro atoms. The van der Waals surface area contributed by atoms with Crippen LogP contribution in [0.25, 0.3) is 0 Å². The van der Waals surface area contributed by atoms with Crippen LogP contribution in [0, 0.1) is 0 Å². The van der Waals surface area contributed by atoms with Crippen molar-refractivity contribution >= 4 is 17.6 Å². The molecule has 2 heterocycles. The largest absolute Gasteiger partial charge is 0.430 e. The molecule has 1 unspecified atom stereocenters. The maximum absolute atomic E-state index is 12.6. The Kier molecular flexibility index (Phi) is 4.39. The molecule has 122 valence electrons. The number of allylic oxidation sites excluding steroid dienone is 3. The summed E-state index contributed by atoms with van der Waals surface area (Å²) in [5, 5.41) is 4.97. The monoisotopic (exact) mass is 341 g/mol. The summed E-state index contributed by atoms with van der Waals surface area (Å²) in [7, 11) is 3.07. The highest BCUT2D eigenvalue weighted by Crippen LogP contribution is 2.34. The van der Waals surface area contributed by atoms with Gasteiger partial charge in [-0.25, -0.2) is 9.80 Å². The van der Waals surface area contributed by atoms with Crippen LogP contribution in [-0.4, -0.2) is 48.8 Å². The van der Waals surface area contributed by atoms with Gasteiger partial charge in [-0.15, -0.1) is 0 Å². The second-order valence-corrected chi connectivity index (χ2v) is 5.13. The fraction of sp³-hybridized carbons (Fsp3) is 0.417. The van der Waals surface area contributed by atoms with Crippen molar-refractivity contribution in [1.29, 1.82) is 0 Å². The molecule has 1 atom stereocenters. The van der Waals surface area contributed by atoms with E-state index in [0.717, 1.165) is 6.08 Å². The van der Waals surface area contributed by atoms with Gasteiger partial charge < -0.3 is 10.3 Å². The zero-order valence-electron chi connectivity index (χ0n) is 11.5. The van der Waals surface area contributed by atoms with Crippen molar-refractivity contribution in [3.05, 3.63) is 34.2 Å². The Hall–Kier alpha value is -1.74. The number of likely N-dealkylation sites (N-methyl/N-ethyl adjacent to an activating group) is 2. The van der Waals surface area contributed by atoms with E-state index in [0.29, 0.717) is 11.3 Å². The van der Waals surface area contributed by atoms with Gasteiger partial charge >= 0.3 is 12.1 Å². The lowest BCUT2D eigenvalue weighted by atomic mass is 10.1. The van der Waals surface area contributed by atoms with Gasteiger partial charge in [0.05, 0.1) is 5.70 Å². The minimum atomic E-state index is -4.53. The van der Waals surface area contributed by atoms with E-state index in [4.69, 9.17) is 11.6 Å². The zero-order chi connectivity index (χ0) is 16.7. The molecule has 0 aromatic heterocycles. The Morgan fingerprint density at radius 1 is 1.45 bits per heavy atom. The van der Waals surface area contributed by atoms with Crippen LogP contribution in [0.2, 0.25) is 0 Å². The number of alkyl halides is 3. The third-order valence-electron chi connectivity index (χ3n) is 3.49. The van der Waals surface area contributed by atoms with Crippen LogP contribution in [0.3, 0.4) is 0 Å². The lowest BCUT2D eigenvalue weighted by Gasteiger charge is -2.30. The van der Waals surface area contributed by atoms with Crippen LogP contribution in [-0.2, 0) is 9.74 Å². The number of hydrogen-bond acceptors (Lipinski definition) is 5. The molecule has 0 fully saturated rings. The molecule has 5 nitrogen and oxygen atoms in total. The third-order valence-corrected chi connectivity index (χ3v) is 3.82. The van der Waals surface area contributed by atoms with Crippen molar-refractivity contribution in [3.8, 4) is 0 Å². The van der Waals surface area contributed by atoms with Crippen LogP contribution in [0.1, 0.15) is 0 Å². The summed E-state index contributed by atoms with van der Waals surface area (Å²) < 4.78 is 49.9. The van der Waals surface area contributed by atoms with Crippen molar-refractivity contribution < 1.29 is 27.4 Å². The number of halogens is 5. The van der Waals surface area contributed by atoms with Gasteiger partial charge in [0.15, 0.2) is 6.04 Å². The maximum atomic E-state index is 12.6. The van der Waals surface area contributed by atoms with Crippen molar-refractivity contribution in [3.63, 3.8) is 0 Å². The standard InChI is InChI=1S/C12H12ClF4N3O2/c1-19-8(4-9(20(19)2)11(21)22-17)6-5-18-10(3-7(6)13)12(14,15)16/h3-4,9,18H,5H2,1-2H3. The van der Waals surface area contributed by atoms with E-state index in [1.165, 1.54) is 23.1 Å². The lowest BCUT2D eigenvalue weighted by molar-refractivity contribution is -0.190. The first-order chi connectivity index (χ1) is 10.2. The van der Waals surface area contributed by atoms with Gasteiger partial charge in [-0.2, -0.15) is 13.2 Å². The molecule has 0 radical (unpaired) electrons. The molecule has 2 aliphatic rings. The molecule has 0 amide bonds. The Labute approximate surface area is 128 Å². The molecule has 2 aliphatic heterocycles. The summed E-state index contributed by atoms with van der Waals surface area (Å²) in [5.74, 6) is -1.13. The van der Waals surface area contributed by atoms with E-state index in [1.54, 1.807) is 7.05 Å². The van der Waals surface area contributed by atoms with E-state index in [2.05, 4.69) is 10.3 Å². The minimum absolute atomic E-state index is 0.105. The summed E-state index contributed by atoms with van der Waals surface area (Å²) in [5.41, 5.74) is -0.193. The summed E-state index contributed by atoms with van der Waals surface area (Å²) in [6, 6.07) is -1.02. The van der Waals surface area contributed by atoms with Crippen LogP contribution >= 0.6 is 11.6 Å². The van der Waals surface area contributed by atoms with E-state index >= 15 is 0 Å². The average Bonchev–Trinajstić information content (AvgIpc) is 2.74. The second-order valence-electron chi connectivity index (χ2n) is 4.73. The highest BCUT2D eigenvalue weighted by atomic mass is 35.5. The first kappa shape index (κ1) is 16.6. The van der Waals surface area contributed by atoms with E-state index in [9.17, 15) is 22.5 Å². The fourth-order valence-electron chi connectivity index (χ4n) is 2.21. The molecule has 10 heteroatoms. The topological polar surface area (TPSA) is 44.8 Å². The number of dihydropyridines is 1. The molecular formula is C12H12ClF4N3O2. The molecule has 2 rings (SSSR count). The summed E-state index contributed by atoms with van der Waals surface area (Å²) in [6.07, 6.45) is -2.39. The van der Waals surface area contributed by atoms with Crippen molar-refractivity contribution in [2.75, 3.05) is 20.6 Å². The van der Waals surface area contributed by atoms with Gasteiger partial charge in [-0.3, -0.25) is 4.94 Å². The van der Waals surface area contributed by atoms with Gasteiger partial charge in [-0.1, -0.05) is 11.6 Å². The summed E-state index contributed by atoms with van der Waals surface area (Å²) in [6.45, 7) is -0.175. The molecule has 0 aromatic carbocycles. The fourth-order valence-corrected chi connectivity index (χ4v) is 2.48. The highest BCUT2D eigenvalue weighted by Gasteiger charge is 2.39. The van der Waals surface area contributed by atoms with Gasteiger partial charge in [0.25, 0.3) is 0 Å². The lowest BCUT2D eigenvalue weighted by Crippen LogP contribution is -2.41. The Morgan fingerprint density at radius 3 is 2.59 bits per heavy atom. The highest BCUT2D eigenvalue weighted by molar-refractivity contribution is 6.32. The molecule has 0 aromatic rings. The molecular weight excluding hydrogens is 330 g/mol. The second kappa shape index (κ2) is 5.81. The molecule has 0 saturated heterocycles. The van der Waals surface area contributed by atoms with Crippen LogP contribution in [0.5, 0.6) is 0 Å². The van der Waals surface area contributed by atoms with Gasteiger partial charge in [0.2, 0.25) is 0 Å². The van der Waals surface area contributed by atoms with Gasteiger partial charge in [0, 0.05) is 35.8 Å². The molecule has 0 saturated carbocycles. The number of carbonyl (C=O) groups excluding carboxylic acids is 1. The predicted molar refractivity (Wildman–Crippen MR) is 69.6 cm³/mol. The van der Waals surface area contributed by atoms with Gasteiger partial charge in [-0.05, 0) is 12.2 Å². The third kappa shape index (κ3) is 2.91. The Balaban J connectivity index is 2.36. The van der Waals surface area contributed by atoms with Crippen LogP contribution in [0.4, 0.5) is 17.7 Å². The molecule has 22 heavy (non-hydrogen) atoms. The smallest absolute Gasteiger partial charge is 0.377 e. The number of nitrogens with one attached hydrogen (secondary N) is 1. The number of nitrogens with zero attached hydrogens (tertiary/aromatic N) is 2. The number of hydrazine groups is 1. The van der Waals surface area contributed by atoms with Crippen molar-refractivity contribution in [1.82, 2.24) is 15.3 Å². The quantitative estimate of drug-likeness (QED) is 0.778. The molecule has 0 aliphatic carbocycles. The Morgan fingerprint density at radius 2 is 2.09 bits per heavy atom. The van der Waals surface area contributed by atoms with Crippen molar-refractivity contribution in [2.24, 2.45) is 0 Å². The SMILES string of the molecule is CN1C(C2=C(Cl)C=C(C(F)(F)F)NC2)=CC(C(=O)OF)N1C. The average molecular weight is 342 g/mol. The van der Waals surface area contributed by atoms with Gasteiger partial charge in [0.1, 0.15) is 5.70 Å². The first-order valence-electron chi connectivity index (χ1n) is 6.09. The summed E-state index contributed by atoms with van der Waals surface area (Å²) >= 11 is 5.92. The van der Waals surface area contributed by atoms with E-state index in [-0.39, 0.29) is 11.6 Å². The minimum Gasteiger partial charge on any atom is -0.377 e. The number of carbonyl (C=O) groups is 1. The van der Waals surface area contributed by atoms with E-state index < -0.39 is 23.9 Å². The maximum Gasteiger partial charge on any atom is 0.430 e. The normalized spacial score (nSPS) is 23.2. The first-order valence-corrected chi connectivity index (χ1v) is 6.47. The number of rotatable bonds is 2. The molecule has 0 bridgehead atoms. The molecule has 1 N–H and O–H groups in total. The summed E-state index contributed by atoms with van der Waals surface area (Å²) in [4.78, 5) is 14.5. The van der Waals surface area contributed by atoms with Crippen molar-refractivity contribution in [2.45, 2.75) is 12.2 Å². The predicted octanol–water partition coefficient (Wildman–Crippen LogP) is 2.00. The number of hydrogen-bond donors (Lipinski definition) is 1. The zero-order valence-corrected chi connectivity index (χ0v) is 12.3. The van der Waals surface area contributed by atoms with Crippen LogP contribution in [0.15, 0.2) is 34.2 Å². The van der Waals surface area contributed by atoms with E-state index in [1.807, 2.05) is 0 Å². The Bertz CT molecular complexity index is 585. The van der Waals surface area contributed by atoms with Crippen LogP contribution < -0.4 is 5.32 Å².